The molecule has 0 radical (unpaired) electrons. The van der Waals surface area contributed by atoms with Gasteiger partial charge in [-0.1, -0.05) is 110 Å². The number of carbonyl (C=O) groups excluding carboxylic acids is 1. The Hall–Kier alpha value is 1.39. The van der Waals surface area contributed by atoms with Gasteiger partial charge in [0, 0.05) is 83.4 Å². The molecule has 60 heavy (non-hydrogen) atoms. The van der Waals surface area contributed by atoms with Crippen molar-refractivity contribution in [2.45, 2.75) is 31.8 Å². The number of rotatable bonds is 10. The first kappa shape index (κ1) is 61.4. The van der Waals surface area contributed by atoms with E-state index in [1.54, 1.807) is 18.2 Å². The predicted molar refractivity (Wildman–Crippen MR) is 249 cm³/mol. The van der Waals surface area contributed by atoms with Crippen LogP contribution in [0.2, 0.25) is 30.1 Å². The van der Waals surface area contributed by atoms with Crippen molar-refractivity contribution in [1.29, 1.82) is 5.26 Å². The number of benzene rings is 4. The number of hydrogen-bond donors (Lipinski definition) is 1. The summed E-state index contributed by atoms with van der Waals surface area (Å²) in [6, 6.07) is 29.6. The number of nitriles is 1. The van der Waals surface area contributed by atoms with Gasteiger partial charge < -0.3 is 26.7 Å². The first-order valence-electron chi connectivity index (χ1n) is 18.1. The Bertz CT molecular complexity index is 1830. The maximum Gasteiger partial charge on any atom is 1.00 e. The minimum Gasteiger partial charge on any atom is -1.00 e. The van der Waals surface area contributed by atoms with Gasteiger partial charge in [-0.25, -0.2) is 0 Å². The van der Waals surface area contributed by atoms with E-state index >= 15 is 0 Å². The van der Waals surface area contributed by atoms with E-state index in [9.17, 15) is 0 Å². The zero-order valence-electron chi connectivity index (χ0n) is 34.7. The Labute approximate surface area is 490 Å². The second-order valence-corrected chi connectivity index (χ2v) is 16.5. The molecule has 0 spiro atoms. The molecule has 2 saturated heterocycles. The third-order valence-corrected chi connectivity index (χ3v) is 11.2. The van der Waals surface area contributed by atoms with E-state index in [1.807, 2.05) is 48.5 Å². The van der Waals surface area contributed by atoms with Crippen molar-refractivity contribution in [2.75, 3.05) is 72.7 Å². The number of halogens is 9. The van der Waals surface area contributed by atoms with Gasteiger partial charge in [-0.2, -0.15) is 5.26 Å². The Kier molecular flexibility index (Phi) is 37.4. The minimum absolute atomic E-state index is 0. The molecule has 0 unspecified atom stereocenters. The molecule has 2 aliphatic heterocycles. The summed E-state index contributed by atoms with van der Waals surface area (Å²) in [5.41, 5.74) is 4.48. The van der Waals surface area contributed by atoms with E-state index < -0.39 is 0 Å². The molecule has 2 atom stereocenters. The zero-order chi connectivity index (χ0) is 42.9. The van der Waals surface area contributed by atoms with Crippen molar-refractivity contribution in [3.05, 3.63) is 126 Å². The summed E-state index contributed by atoms with van der Waals surface area (Å²) < 4.78 is 0. The molecule has 0 aromatic heterocycles. The molecule has 318 valence electrons. The average molecular weight is 1100 g/mol. The molecule has 0 amide bonds. The third kappa shape index (κ3) is 22.7. The van der Waals surface area contributed by atoms with Crippen LogP contribution in [-0.4, -0.2) is 74.3 Å². The zero-order valence-corrected chi connectivity index (χ0v) is 47.6. The van der Waals surface area contributed by atoms with Crippen LogP contribution >= 0.6 is 109 Å². The standard InChI is InChI=1S/C19H20Cl4N2.C16H15Cl3N2.C3H6BrCl.C2H3N.CH2O3.2K.H/c20-8-1-9-24-10-11-25(18-7-6-16(22)12-17(18)23)19(13-24)14-2-4-15(21)5-3-14;17-12-3-1-11(2-4-12)16-10-20-7-8-21(16)15-6-5-13(18)9-14(15)19;4-2-1-3-5;1-2-3;2-1-4-3;;;/h2-7,12,19H,1,8-11,13H2;1-6,9,16,20H,7-8,10H2;1-3H2;1H3;1,3H;;;/q;;;;;2*+1;-1/p-1/t19-;16-;;;;;;/m00....../s1. The summed E-state index contributed by atoms with van der Waals surface area (Å²) in [7, 11) is 0. The Morgan fingerprint density at radius 3 is 1.60 bits per heavy atom. The van der Waals surface area contributed by atoms with E-state index in [2.05, 4.69) is 65.1 Å². The van der Waals surface area contributed by atoms with Crippen molar-refractivity contribution in [2.24, 2.45) is 0 Å². The van der Waals surface area contributed by atoms with Crippen molar-refractivity contribution in [3.8, 4) is 6.07 Å². The minimum atomic E-state index is -0.181. The molecule has 2 fully saturated rings. The van der Waals surface area contributed by atoms with E-state index in [0.29, 0.717) is 26.0 Å². The summed E-state index contributed by atoms with van der Waals surface area (Å²) in [5, 5.41) is 24.4. The van der Waals surface area contributed by atoms with Crippen LogP contribution < -0.4 is 123 Å². The molecule has 8 nitrogen and oxygen atoms in total. The first-order chi connectivity index (χ1) is 28.0. The fourth-order valence-corrected chi connectivity index (χ4v) is 8.18. The molecule has 1 N–H and O–H groups in total. The van der Waals surface area contributed by atoms with Crippen molar-refractivity contribution in [3.63, 3.8) is 0 Å². The molecule has 19 heteroatoms. The smallest absolute Gasteiger partial charge is 1.00 e. The maximum atomic E-state index is 8.64. The molecule has 2 heterocycles. The Balaban J connectivity index is 0. The number of anilines is 2. The molecule has 0 saturated carbocycles. The molecule has 6 rings (SSSR count). The molecule has 4 aromatic carbocycles. The van der Waals surface area contributed by atoms with E-state index in [4.69, 9.17) is 108 Å². The summed E-state index contributed by atoms with van der Waals surface area (Å²) in [6.07, 6.45) is 2.07. The number of piperazine rings is 2. The second kappa shape index (κ2) is 36.5. The summed E-state index contributed by atoms with van der Waals surface area (Å²) in [6.45, 7) is 7.78. The SMILES string of the molecule is CC#N.ClCCCBr.ClCCCN1CCN(c2ccc(Cl)cc2Cl)[C@H](c2ccc(Cl)cc2)C1.Clc1ccc([C@@H]2CNCCN2c2ccc(Cl)cc2Cl)cc1.O=CO[O-].[H-].[K+].[K+]. The van der Waals surface area contributed by atoms with Crippen LogP contribution in [0.1, 0.15) is 44.4 Å². The summed E-state index contributed by atoms with van der Waals surface area (Å²) >= 11 is 51.3. The van der Waals surface area contributed by atoms with Gasteiger partial charge in [0.1, 0.15) is 0 Å². The molecule has 4 aromatic rings. The van der Waals surface area contributed by atoms with Crippen LogP contribution in [0, 0.1) is 11.3 Å². The van der Waals surface area contributed by atoms with Crippen LogP contribution in [0.15, 0.2) is 84.9 Å². The quantitative estimate of drug-likeness (QED) is 0.0678. The molecular weight excluding hydrogens is 1050 g/mol. The third-order valence-electron chi connectivity index (χ3n) is 8.57. The van der Waals surface area contributed by atoms with Gasteiger partial charge in [-0.05, 0) is 91.2 Å². The molecule has 0 bridgehead atoms. The van der Waals surface area contributed by atoms with Gasteiger partial charge in [0.15, 0.2) is 0 Å². The maximum absolute atomic E-state index is 8.64. The topological polar surface area (TPSA) is 94.9 Å². The van der Waals surface area contributed by atoms with Crippen molar-refractivity contribution < 1.29 is 119 Å². The number of carbonyl (C=O) groups is 1. The normalized spacial score (nSPS) is 15.5. The van der Waals surface area contributed by atoms with Crippen LogP contribution in [-0.2, 0) is 9.68 Å². The van der Waals surface area contributed by atoms with Gasteiger partial charge in [0.05, 0.1) is 39.6 Å². The monoisotopic (exact) mass is 1090 g/mol. The van der Waals surface area contributed by atoms with E-state index in [0.717, 1.165) is 91.3 Å². The van der Waals surface area contributed by atoms with Gasteiger partial charge >= 0.3 is 103 Å². The average Bonchev–Trinajstić information content (AvgIpc) is 3.22. The fraction of sp³-hybridized carbons (Fsp3) is 0.366. The molecular formula is C41H46BrCl8K2N5O3. The molecule has 0 aliphatic carbocycles. The van der Waals surface area contributed by atoms with Gasteiger partial charge in [0.2, 0.25) is 0 Å². The van der Waals surface area contributed by atoms with Crippen molar-refractivity contribution >= 4 is 127 Å². The van der Waals surface area contributed by atoms with Crippen LogP contribution in [0.5, 0.6) is 0 Å². The molecule has 2 aliphatic rings. The van der Waals surface area contributed by atoms with Crippen LogP contribution in [0.25, 0.3) is 0 Å². The van der Waals surface area contributed by atoms with E-state index in [-0.39, 0.29) is 123 Å². The number of nitrogens with zero attached hydrogens (tertiary/aromatic N) is 4. The number of alkyl halides is 3. The predicted octanol–water partition coefficient (Wildman–Crippen LogP) is 6.03. The van der Waals surface area contributed by atoms with Crippen LogP contribution in [0.4, 0.5) is 11.4 Å². The second-order valence-electron chi connectivity index (χ2n) is 12.4. The number of hydrogen-bond acceptors (Lipinski definition) is 8. The summed E-state index contributed by atoms with van der Waals surface area (Å²) in [4.78, 5) is 18.4. The van der Waals surface area contributed by atoms with Gasteiger partial charge in [0.25, 0.3) is 6.47 Å². The number of nitrogens with one attached hydrogen (secondary N) is 1. The van der Waals surface area contributed by atoms with Gasteiger partial charge in [-0.3, -0.25) is 9.69 Å². The van der Waals surface area contributed by atoms with Crippen molar-refractivity contribution in [1.82, 2.24) is 10.2 Å². The van der Waals surface area contributed by atoms with E-state index in [1.165, 1.54) is 18.1 Å². The Morgan fingerprint density at radius 2 is 1.20 bits per heavy atom. The summed E-state index contributed by atoms with van der Waals surface area (Å²) in [5.74, 6) is 1.46. The first-order valence-corrected chi connectivity index (χ1v) is 22.5. The van der Waals surface area contributed by atoms with Gasteiger partial charge in [-0.15, -0.1) is 23.2 Å². The van der Waals surface area contributed by atoms with Crippen LogP contribution in [0.3, 0.4) is 0 Å². The largest absolute Gasteiger partial charge is 1.00 e. The Morgan fingerprint density at radius 1 is 0.767 bits per heavy atom. The fourth-order valence-electron chi connectivity index (χ4n) is 6.04.